The van der Waals surface area contributed by atoms with Crippen LogP contribution in [0.5, 0.6) is 0 Å². The summed E-state index contributed by atoms with van der Waals surface area (Å²) >= 11 is 15.0. The normalized spacial score (nSPS) is 24.3. The lowest BCUT2D eigenvalue weighted by molar-refractivity contribution is -0.152. The third kappa shape index (κ3) is 2.43. The van der Waals surface area contributed by atoms with Gasteiger partial charge in [-0.15, -0.1) is 23.1 Å². The molecule has 0 amide bonds. The Balaban J connectivity index is 2.44. The summed E-state index contributed by atoms with van der Waals surface area (Å²) in [5, 5.41) is 1.29. The smallest absolute Gasteiger partial charge is 0.334 e. The molecule has 8 heteroatoms. The lowest BCUT2D eigenvalue weighted by Crippen LogP contribution is -2.43. The van der Waals surface area contributed by atoms with Gasteiger partial charge in [0.15, 0.2) is 4.87 Å². The highest BCUT2D eigenvalue weighted by molar-refractivity contribution is 8.01. The van der Waals surface area contributed by atoms with E-state index in [4.69, 9.17) is 32.7 Å². The van der Waals surface area contributed by atoms with Gasteiger partial charge in [0.05, 0.1) is 23.1 Å². The van der Waals surface area contributed by atoms with E-state index in [-0.39, 0.29) is 13.2 Å². The first-order chi connectivity index (χ1) is 9.46. The molecule has 0 N–H and O–H groups in total. The summed E-state index contributed by atoms with van der Waals surface area (Å²) in [6, 6.07) is 0. The van der Waals surface area contributed by atoms with Crippen LogP contribution in [-0.2, 0) is 23.9 Å². The highest BCUT2D eigenvalue weighted by atomic mass is 35.5. The summed E-state index contributed by atoms with van der Waals surface area (Å²) in [6.45, 7) is 3.78. The van der Waals surface area contributed by atoms with Crippen LogP contribution in [-0.4, -0.2) is 30.4 Å². The Kier molecular flexibility index (Phi) is 4.89. The Hall–Kier alpha value is -0.430. The number of esters is 2. The average molecular weight is 355 g/mol. The van der Waals surface area contributed by atoms with E-state index < -0.39 is 22.1 Å². The molecule has 0 aliphatic carbocycles. The zero-order valence-electron chi connectivity index (χ0n) is 10.8. The summed E-state index contributed by atoms with van der Waals surface area (Å²) in [6.07, 6.45) is 0. The molecule has 2 unspecified atom stereocenters. The standard InChI is InChI=1S/C12H12Cl2O4S2/c1-3-17-10(15)9-12(14,11(16)18-4-2)8-7(20-9)6(13)5-19-8/h5,9H,3-4H2,1-2H3. The molecule has 0 saturated carbocycles. The number of carbonyl (C=O) groups excluding carboxylic acids is 2. The van der Waals surface area contributed by atoms with Crippen LogP contribution in [0.25, 0.3) is 0 Å². The van der Waals surface area contributed by atoms with Crippen LogP contribution in [0.2, 0.25) is 5.02 Å². The van der Waals surface area contributed by atoms with Crippen molar-refractivity contribution in [1.82, 2.24) is 0 Å². The predicted molar refractivity (Wildman–Crippen MR) is 79.8 cm³/mol. The first kappa shape index (κ1) is 15.9. The molecule has 1 aromatic rings. The molecule has 110 valence electrons. The van der Waals surface area contributed by atoms with Crippen molar-refractivity contribution in [2.75, 3.05) is 13.2 Å². The number of alkyl halides is 1. The Morgan fingerprint density at radius 3 is 2.60 bits per heavy atom. The van der Waals surface area contributed by atoms with Gasteiger partial charge in [-0.05, 0) is 13.8 Å². The van der Waals surface area contributed by atoms with Gasteiger partial charge in [-0.3, -0.25) is 4.79 Å². The molecular formula is C12H12Cl2O4S2. The monoisotopic (exact) mass is 354 g/mol. The Morgan fingerprint density at radius 2 is 2.00 bits per heavy atom. The van der Waals surface area contributed by atoms with Crippen molar-refractivity contribution in [3.8, 4) is 0 Å². The van der Waals surface area contributed by atoms with Crippen molar-refractivity contribution in [3.05, 3.63) is 15.3 Å². The van der Waals surface area contributed by atoms with E-state index in [0.29, 0.717) is 14.8 Å². The quantitative estimate of drug-likeness (QED) is 0.612. The lowest BCUT2D eigenvalue weighted by Gasteiger charge is -2.24. The summed E-state index contributed by atoms with van der Waals surface area (Å²) in [7, 11) is 0. The second-order valence-electron chi connectivity index (χ2n) is 3.92. The highest BCUT2D eigenvalue weighted by Crippen LogP contribution is 2.58. The Morgan fingerprint density at radius 1 is 1.35 bits per heavy atom. The van der Waals surface area contributed by atoms with Crippen molar-refractivity contribution in [1.29, 1.82) is 0 Å². The lowest BCUT2D eigenvalue weighted by atomic mass is 10.0. The van der Waals surface area contributed by atoms with Gasteiger partial charge in [-0.25, -0.2) is 4.79 Å². The van der Waals surface area contributed by atoms with E-state index in [9.17, 15) is 9.59 Å². The van der Waals surface area contributed by atoms with E-state index in [1.54, 1.807) is 19.2 Å². The molecule has 0 radical (unpaired) electrons. The van der Waals surface area contributed by atoms with Crippen LogP contribution < -0.4 is 0 Å². The van der Waals surface area contributed by atoms with E-state index in [0.717, 1.165) is 11.8 Å². The topological polar surface area (TPSA) is 52.6 Å². The maximum atomic E-state index is 12.2. The molecule has 0 fully saturated rings. The number of fused-ring (bicyclic) bond motifs is 1. The van der Waals surface area contributed by atoms with Gasteiger partial charge in [0.25, 0.3) is 0 Å². The first-order valence-electron chi connectivity index (χ1n) is 5.93. The van der Waals surface area contributed by atoms with Gasteiger partial charge in [0.1, 0.15) is 5.25 Å². The fourth-order valence-corrected chi connectivity index (χ4v) is 5.43. The SMILES string of the molecule is CCOC(=O)C1Sc2c(Cl)csc2C1(Cl)C(=O)OCC. The maximum absolute atomic E-state index is 12.2. The number of ether oxygens (including phenoxy) is 2. The van der Waals surface area contributed by atoms with Crippen LogP contribution in [0, 0.1) is 0 Å². The zero-order valence-corrected chi connectivity index (χ0v) is 13.9. The number of hydrogen-bond acceptors (Lipinski definition) is 6. The number of rotatable bonds is 4. The Bertz CT molecular complexity index is 546. The van der Waals surface area contributed by atoms with Crippen LogP contribution in [0.3, 0.4) is 0 Å². The molecule has 0 saturated heterocycles. The minimum atomic E-state index is -1.57. The molecule has 0 bridgehead atoms. The fraction of sp³-hybridized carbons (Fsp3) is 0.500. The molecule has 2 heterocycles. The molecule has 1 aliphatic heterocycles. The van der Waals surface area contributed by atoms with Crippen molar-refractivity contribution in [3.63, 3.8) is 0 Å². The van der Waals surface area contributed by atoms with Gasteiger partial charge >= 0.3 is 11.9 Å². The second kappa shape index (κ2) is 6.13. The van der Waals surface area contributed by atoms with Crippen molar-refractivity contribution >= 4 is 58.2 Å². The second-order valence-corrected chi connectivity index (χ2v) is 6.92. The Labute approximate surface area is 134 Å². The summed E-state index contributed by atoms with van der Waals surface area (Å²) in [5.41, 5.74) is 0. The highest BCUT2D eigenvalue weighted by Gasteiger charge is 2.59. The molecule has 1 aliphatic rings. The molecule has 1 aromatic heterocycles. The third-order valence-electron chi connectivity index (χ3n) is 2.70. The van der Waals surface area contributed by atoms with Gasteiger partial charge in [0.2, 0.25) is 0 Å². The fourth-order valence-electron chi connectivity index (χ4n) is 1.87. The molecular weight excluding hydrogens is 343 g/mol. The van der Waals surface area contributed by atoms with Gasteiger partial charge in [-0.1, -0.05) is 23.2 Å². The van der Waals surface area contributed by atoms with Crippen LogP contribution in [0.15, 0.2) is 10.3 Å². The van der Waals surface area contributed by atoms with Crippen LogP contribution in [0.4, 0.5) is 0 Å². The number of hydrogen-bond donors (Lipinski definition) is 0. The molecule has 0 spiro atoms. The average Bonchev–Trinajstić information content (AvgIpc) is 2.91. The molecule has 20 heavy (non-hydrogen) atoms. The minimum Gasteiger partial charge on any atom is -0.465 e. The number of halogens is 2. The molecule has 4 nitrogen and oxygen atoms in total. The number of carbonyl (C=O) groups is 2. The van der Waals surface area contributed by atoms with Crippen molar-refractivity contribution in [2.24, 2.45) is 0 Å². The third-order valence-corrected chi connectivity index (χ3v) is 6.73. The molecule has 2 atom stereocenters. The van der Waals surface area contributed by atoms with Crippen molar-refractivity contribution < 1.29 is 19.1 Å². The largest absolute Gasteiger partial charge is 0.465 e. The predicted octanol–water partition coefficient (Wildman–Crippen LogP) is 3.44. The number of thiophene rings is 1. The van der Waals surface area contributed by atoms with Crippen LogP contribution >= 0.6 is 46.3 Å². The minimum absolute atomic E-state index is 0.182. The van der Waals surface area contributed by atoms with Crippen LogP contribution in [0.1, 0.15) is 18.7 Å². The summed E-state index contributed by atoms with van der Waals surface area (Å²) in [4.78, 5) is 23.9. The van der Waals surface area contributed by atoms with E-state index in [1.807, 2.05) is 0 Å². The van der Waals surface area contributed by atoms with Crippen molar-refractivity contribution in [2.45, 2.75) is 28.9 Å². The summed E-state index contributed by atoms with van der Waals surface area (Å²) in [5.74, 6) is -1.19. The van der Waals surface area contributed by atoms with Gasteiger partial charge in [0, 0.05) is 10.3 Å². The first-order valence-corrected chi connectivity index (χ1v) is 8.45. The zero-order chi connectivity index (χ0) is 14.9. The van der Waals surface area contributed by atoms with E-state index >= 15 is 0 Å². The maximum Gasteiger partial charge on any atom is 0.334 e. The van der Waals surface area contributed by atoms with Gasteiger partial charge in [-0.2, -0.15) is 0 Å². The van der Waals surface area contributed by atoms with E-state index in [1.165, 1.54) is 11.3 Å². The number of thioether (sulfide) groups is 1. The van der Waals surface area contributed by atoms with Gasteiger partial charge < -0.3 is 9.47 Å². The molecule has 2 rings (SSSR count). The summed E-state index contributed by atoms with van der Waals surface area (Å²) < 4.78 is 10.0. The molecule has 0 aromatic carbocycles. The van der Waals surface area contributed by atoms with E-state index in [2.05, 4.69) is 0 Å².